The summed E-state index contributed by atoms with van der Waals surface area (Å²) in [4.78, 5) is 0. The van der Waals surface area contributed by atoms with Crippen molar-refractivity contribution in [3.63, 3.8) is 0 Å². The fraction of sp³-hybridized carbons (Fsp3) is 0.923. The Morgan fingerprint density at radius 3 is 1.21 bits per heavy atom. The maximum atomic E-state index is 8.25. The molecule has 2 aliphatic rings. The fourth-order valence-electron chi connectivity index (χ4n) is 1.96. The van der Waals surface area contributed by atoms with Crippen LogP contribution in [-0.2, 0) is 5.11 Å². The molecule has 1 nitrogen and oxygen atoms in total. The Hall–Kier alpha value is -0.0400. The van der Waals surface area contributed by atoms with Crippen LogP contribution in [-0.4, -0.2) is 7.11 Å². The van der Waals surface area contributed by atoms with E-state index in [0.717, 1.165) is 7.11 Å². The van der Waals surface area contributed by atoms with Crippen LogP contribution in [0.5, 0.6) is 0 Å². The summed E-state index contributed by atoms with van der Waals surface area (Å²) in [5.41, 5.74) is 0. The van der Waals surface area contributed by atoms with Crippen molar-refractivity contribution in [2.24, 2.45) is 0 Å². The molecule has 0 saturated heterocycles. The molecule has 0 aromatic heterocycles. The van der Waals surface area contributed by atoms with Crippen LogP contribution in [0.2, 0.25) is 0 Å². The van der Waals surface area contributed by atoms with Gasteiger partial charge in [-0.1, -0.05) is 70.6 Å². The first-order valence-electron chi connectivity index (χ1n) is 6.22. The second-order valence-electron chi connectivity index (χ2n) is 4.05. The van der Waals surface area contributed by atoms with Crippen LogP contribution in [0.15, 0.2) is 0 Å². The van der Waals surface area contributed by atoms with E-state index in [1.165, 1.54) is 70.6 Å². The lowest BCUT2D eigenvalue weighted by atomic mass is 10.2. The number of hydrogen-bond acceptors (Lipinski definition) is 0. The van der Waals surface area contributed by atoms with E-state index in [1.54, 1.807) is 0 Å². The van der Waals surface area contributed by atoms with Gasteiger partial charge in [0.1, 0.15) is 0 Å². The summed E-state index contributed by atoms with van der Waals surface area (Å²) in [5, 5.41) is 8.25. The fourth-order valence-corrected chi connectivity index (χ4v) is 1.96. The molecule has 0 spiro atoms. The Kier molecular flexibility index (Phi) is 12.9. The molecule has 0 N–H and O–H groups in total. The van der Waals surface area contributed by atoms with Crippen LogP contribution in [0.4, 0.5) is 0 Å². The third kappa shape index (κ3) is 10.0. The minimum Gasteiger partial charge on any atom is -0.240 e. The van der Waals surface area contributed by atoms with E-state index in [-0.39, 0.29) is 0 Å². The Bertz CT molecular complexity index is 60.0. The van der Waals surface area contributed by atoms with E-state index in [0.29, 0.717) is 0 Å². The van der Waals surface area contributed by atoms with E-state index in [4.69, 9.17) is 5.11 Å². The van der Waals surface area contributed by atoms with Gasteiger partial charge in [0.2, 0.25) is 0 Å². The van der Waals surface area contributed by atoms with Gasteiger partial charge in [-0.25, -0.2) is 5.11 Å². The Labute approximate surface area is 89.9 Å². The molecule has 0 amide bonds. The highest BCUT2D eigenvalue weighted by atomic mass is 16.2. The molecule has 2 fully saturated rings. The zero-order valence-corrected chi connectivity index (χ0v) is 9.76. The second-order valence-corrected chi connectivity index (χ2v) is 4.05. The lowest BCUT2D eigenvalue weighted by Gasteiger charge is -1.85. The predicted molar refractivity (Wildman–Crippen MR) is 61.7 cm³/mol. The maximum absolute atomic E-state index is 8.25. The normalized spacial score (nSPS) is 21.0. The van der Waals surface area contributed by atoms with Crippen LogP contribution < -0.4 is 0 Å². The van der Waals surface area contributed by atoms with Gasteiger partial charge in [-0.2, -0.15) is 0 Å². The Morgan fingerprint density at radius 1 is 0.571 bits per heavy atom. The van der Waals surface area contributed by atoms with Crippen LogP contribution in [0.1, 0.15) is 70.6 Å². The smallest absolute Gasteiger partial charge is 0.0712 e. The van der Waals surface area contributed by atoms with Crippen molar-refractivity contribution in [3.8, 4) is 0 Å². The molecule has 0 atom stereocenters. The molecular weight excluding hydrogens is 172 g/mol. The Balaban J connectivity index is 0.000000213. The quantitative estimate of drug-likeness (QED) is 0.509. The minimum absolute atomic E-state index is 0.750. The van der Waals surface area contributed by atoms with Crippen molar-refractivity contribution >= 4 is 0 Å². The summed E-state index contributed by atoms with van der Waals surface area (Å²) in [5.74, 6) is 0. The van der Waals surface area contributed by atoms with Gasteiger partial charge in [0.25, 0.3) is 0 Å². The van der Waals surface area contributed by atoms with E-state index >= 15 is 0 Å². The topological polar surface area (TPSA) is 19.9 Å². The lowest BCUT2D eigenvalue weighted by Crippen LogP contribution is -1.68. The molecule has 0 bridgehead atoms. The molecule has 2 rings (SSSR count). The van der Waals surface area contributed by atoms with Gasteiger partial charge in [0, 0.05) is 0 Å². The molecule has 84 valence electrons. The molecular formula is C13H26O. The van der Waals surface area contributed by atoms with Crippen LogP contribution >= 0.6 is 0 Å². The largest absolute Gasteiger partial charge is 0.240 e. The van der Waals surface area contributed by atoms with Crippen LogP contribution in [0, 0.1) is 6.42 Å². The van der Waals surface area contributed by atoms with Gasteiger partial charge in [-0.05, 0) is 6.42 Å². The summed E-state index contributed by atoms with van der Waals surface area (Å²) in [7, 11) is 0.750. The summed E-state index contributed by atoms with van der Waals surface area (Å²) in [6.45, 7) is 0. The third-order valence-corrected chi connectivity index (χ3v) is 2.82. The van der Waals surface area contributed by atoms with E-state index in [9.17, 15) is 0 Å². The van der Waals surface area contributed by atoms with Crippen LogP contribution in [0.25, 0.3) is 0 Å². The van der Waals surface area contributed by atoms with Crippen molar-refractivity contribution in [2.75, 3.05) is 7.11 Å². The Morgan fingerprint density at radius 2 is 0.857 bits per heavy atom. The highest BCUT2D eigenvalue weighted by Gasteiger charge is 1.96. The zero-order chi connectivity index (χ0) is 10.5. The number of hydrogen-bond donors (Lipinski definition) is 0. The summed E-state index contributed by atoms with van der Waals surface area (Å²) in [6, 6.07) is 0. The monoisotopic (exact) mass is 198 g/mol. The molecule has 0 aromatic rings. The highest BCUT2D eigenvalue weighted by molar-refractivity contribution is 4.67. The minimum atomic E-state index is 0.750. The van der Waals surface area contributed by atoms with Crippen molar-refractivity contribution < 1.29 is 5.11 Å². The first-order chi connectivity index (χ1) is 7.00. The molecule has 2 aliphatic carbocycles. The van der Waals surface area contributed by atoms with Gasteiger partial charge in [0.15, 0.2) is 0 Å². The molecule has 0 aromatic carbocycles. The van der Waals surface area contributed by atoms with E-state index in [2.05, 4.69) is 6.42 Å². The van der Waals surface area contributed by atoms with Crippen molar-refractivity contribution in [2.45, 2.75) is 70.6 Å². The molecule has 0 unspecified atom stereocenters. The van der Waals surface area contributed by atoms with Crippen molar-refractivity contribution in [3.05, 3.63) is 6.42 Å². The van der Waals surface area contributed by atoms with E-state index in [1.807, 2.05) is 0 Å². The zero-order valence-electron chi connectivity index (χ0n) is 9.76. The van der Waals surface area contributed by atoms with Gasteiger partial charge in [-0.15, -0.1) is 0 Å². The van der Waals surface area contributed by atoms with Crippen molar-refractivity contribution in [1.29, 1.82) is 0 Å². The number of rotatable bonds is 0. The first kappa shape index (κ1) is 14.0. The molecule has 2 saturated carbocycles. The van der Waals surface area contributed by atoms with Crippen LogP contribution in [0.3, 0.4) is 0 Å². The average molecular weight is 198 g/mol. The first-order valence-corrected chi connectivity index (χ1v) is 6.22. The van der Waals surface area contributed by atoms with Gasteiger partial charge in [-0.3, -0.25) is 0 Å². The SMILES string of the molecule is C1CCCC1.C[O].[CH]1CCCCCC1. The molecule has 1 heteroatoms. The summed E-state index contributed by atoms with van der Waals surface area (Å²) < 4.78 is 0. The highest BCUT2D eigenvalue weighted by Crippen LogP contribution is 2.15. The maximum Gasteiger partial charge on any atom is 0.0712 e. The molecule has 14 heavy (non-hydrogen) atoms. The summed E-state index contributed by atoms with van der Waals surface area (Å²) in [6.07, 6.45) is 18.5. The van der Waals surface area contributed by atoms with E-state index < -0.39 is 0 Å². The van der Waals surface area contributed by atoms with Gasteiger partial charge >= 0.3 is 0 Å². The molecule has 0 heterocycles. The standard InChI is InChI=1S/C7H13.C5H10.CH3O/c1-2-4-6-7-5-3-1;1-2-4-5-3-1;1-2/h1H,2-7H2;1-5H2;1H3. The predicted octanol–water partition coefficient (Wildman–Crippen LogP) is 4.54. The third-order valence-electron chi connectivity index (χ3n) is 2.82. The van der Waals surface area contributed by atoms with Gasteiger partial charge in [0.05, 0.1) is 7.11 Å². The lowest BCUT2D eigenvalue weighted by molar-refractivity contribution is 0.282. The van der Waals surface area contributed by atoms with Crippen molar-refractivity contribution in [1.82, 2.24) is 0 Å². The molecule has 0 aliphatic heterocycles. The molecule has 2 radical (unpaired) electrons. The second kappa shape index (κ2) is 13.0. The summed E-state index contributed by atoms with van der Waals surface area (Å²) >= 11 is 0. The average Bonchev–Trinajstić information content (AvgIpc) is 2.70. The van der Waals surface area contributed by atoms with Gasteiger partial charge < -0.3 is 0 Å².